The topological polar surface area (TPSA) is 20.3 Å². The van der Waals surface area contributed by atoms with Crippen LogP contribution in [0.25, 0.3) is 0 Å². The normalized spacial score (nSPS) is 25.4. The number of allylic oxidation sites excluding steroid dienone is 2. The zero-order valence-electron chi connectivity index (χ0n) is 13.5. The first-order valence-corrected chi connectivity index (χ1v) is 8.55. The van der Waals surface area contributed by atoms with Crippen LogP contribution in [0.15, 0.2) is 12.2 Å². The average Bonchev–Trinajstić information content (AvgIpc) is 3.28. The van der Waals surface area contributed by atoms with Crippen molar-refractivity contribution in [2.45, 2.75) is 59.3 Å². The van der Waals surface area contributed by atoms with E-state index in [0.717, 1.165) is 44.2 Å². The Balaban J connectivity index is 1.72. The molecule has 0 aromatic rings. The van der Waals surface area contributed by atoms with Crippen LogP contribution in [0.5, 0.6) is 0 Å². The smallest absolute Gasteiger partial charge is 0.225 e. The molecule has 2 fully saturated rings. The minimum absolute atomic E-state index is 0.374. The fraction of sp³-hybridized carbons (Fsp3) is 0.833. The molecule has 0 bridgehead atoms. The van der Waals surface area contributed by atoms with Gasteiger partial charge >= 0.3 is 0 Å². The van der Waals surface area contributed by atoms with Gasteiger partial charge in [0.2, 0.25) is 5.91 Å². The van der Waals surface area contributed by atoms with E-state index in [1.54, 1.807) is 0 Å². The van der Waals surface area contributed by atoms with E-state index in [0.29, 0.717) is 17.7 Å². The summed E-state index contributed by atoms with van der Waals surface area (Å²) < 4.78 is 0. The number of hydrogen-bond donors (Lipinski definition) is 0. The molecule has 0 aromatic carbocycles. The highest BCUT2D eigenvalue weighted by Gasteiger charge is 2.40. The highest BCUT2D eigenvalue weighted by Crippen LogP contribution is 2.43. The zero-order chi connectivity index (χ0) is 14.5. The third-order valence-corrected chi connectivity index (χ3v) is 4.45. The second-order valence-electron chi connectivity index (χ2n) is 7.12. The Morgan fingerprint density at radius 2 is 2.00 bits per heavy atom. The van der Waals surface area contributed by atoms with E-state index >= 15 is 0 Å². The van der Waals surface area contributed by atoms with Crippen LogP contribution in [0.2, 0.25) is 0 Å². The van der Waals surface area contributed by atoms with Crippen LogP contribution < -0.4 is 0 Å². The molecule has 2 saturated carbocycles. The molecule has 20 heavy (non-hydrogen) atoms. The number of rotatable bonds is 9. The quantitative estimate of drug-likeness (QED) is 0.577. The van der Waals surface area contributed by atoms with Crippen molar-refractivity contribution < 1.29 is 4.79 Å². The maximum atomic E-state index is 12.3. The van der Waals surface area contributed by atoms with E-state index in [1.807, 2.05) is 0 Å². The summed E-state index contributed by atoms with van der Waals surface area (Å²) in [4.78, 5) is 14.5. The Bertz CT molecular complexity index is 343. The molecule has 2 aliphatic carbocycles. The largest absolute Gasteiger partial charge is 0.342 e. The first kappa shape index (κ1) is 15.6. The van der Waals surface area contributed by atoms with E-state index in [1.165, 1.54) is 19.3 Å². The second kappa shape index (κ2) is 7.28. The van der Waals surface area contributed by atoms with Crippen LogP contribution in [0.1, 0.15) is 59.3 Å². The van der Waals surface area contributed by atoms with Crippen LogP contribution in [-0.2, 0) is 4.79 Å². The fourth-order valence-electron chi connectivity index (χ4n) is 3.05. The molecule has 2 unspecified atom stereocenters. The van der Waals surface area contributed by atoms with Gasteiger partial charge in [-0.3, -0.25) is 4.79 Å². The van der Waals surface area contributed by atoms with E-state index in [9.17, 15) is 4.79 Å². The summed E-state index contributed by atoms with van der Waals surface area (Å²) in [5.74, 6) is 3.06. The summed E-state index contributed by atoms with van der Waals surface area (Å²) in [6.45, 7) is 8.59. The van der Waals surface area contributed by atoms with Crippen LogP contribution in [0.3, 0.4) is 0 Å². The van der Waals surface area contributed by atoms with Crippen LogP contribution in [0, 0.1) is 23.7 Å². The van der Waals surface area contributed by atoms with Crippen molar-refractivity contribution in [3.8, 4) is 0 Å². The molecular formula is C18H31NO. The summed E-state index contributed by atoms with van der Waals surface area (Å²) >= 11 is 0. The monoisotopic (exact) mass is 277 g/mol. The van der Waals surface area contributed by atoms with Gasteiger partial charge in [0, 0.05) is 19.0 Å². The Kier molecular flexibility index (Phi) is 5.68. The number of amides is 1. The number of nitrogens with zero attached hydrogens (tertiary/aromatic N) is 1. The lowest BCUT2D eigenvalue weighted by Gasteiger charge is -2.25. The summed E-state index contributed by atoms with van der Waals surface area (Å²) in [5, 5.41) is 0. The molecule has 2 nitrogen and oxygen atoms in total. The van der Waals surface area contributed by atoms with Gasteiger partial charge in [0.25, 0.3) is 0 Å². The summed E-state index contributed by atoms with van der Waals surface area (Å²) in [6, 6.07) is 0. The molecule has 0 radical (unpaired) electrons. The first-order chi connectivity index (χ1) is 9.61. The van der Waals surface area contributed by atoms with Crippen molar-refractivity contribution in [2.75, 3.05) is 13.1 Å². The van der Waals surface area contributed by atoms with Gasteiger partial charge in [-0.05, 0) is 56.3 Å². The van der Waals surface area contributed by atoms with Crippen LogP contribution in [0.4, 0.5) is 0 Å². The predicted octanol–water partition coefficient (Wildman–Crippen LogP) is 4.26. The van der Waals surface area contributed by atoms with Crippen LogP contribution in [-0.4, -0.2) is 23.9 Å². The van der Waals surface area contributed by atoms with Gasteiger partial charge in [-0.15, -0.1) is 0 Å². The van der Waals surface area contributed by atoms with E-state index in [-0.39, 0.29) is 0 Å². The van der Waals surface area contributed by atoms with E-state index < -0.39 is 0 Å². The summed E-state index contributed by atoms with van der Waals surface area (Å²) in [7, 11) is 0. The van der Waals surface area contributed by atoms with Crippen molar-refractivity contribution in [3.05, 3.63) is 12.2 Å². The molecule has 0 saturated heterocycles. The molecule has 2 heteroatoms. The minimum Gasteiger partial charge on any atom is -0.342 e. The maximum absolute atomic E-state index is 12.3. The first-order valence-electron chi connectivity index (χ1n) is 8.55. The van der Waals surface area contributed by atoms with Gasteiger partial charge in [0.05, 0.1) is 0 Å². The maximum Gasteiger partial charge on any atom is 0.225 e. The minimum atomic E-state index is 0.374. The molecule has 0 N–H and O–H groups in total. The van der Waals surface area contributed by atoms with Gasteiger partial charge in [-0.2, -0.15) is 0 Å². The highest BCUT2D eigenvalue weighted by molar-refractivity contribution is 5.81. The third kappa shape index (κ3) is 4.96. The van der Waals surface area contributed by atoms with Gasteiger partial charge in [0.15, 0.2) is 0 Å². The third-order valence-electron chi connectivity index (χ3n) is 4.45. The van der Waals surface area contributed by atoms with Gasteiger partial charge in [-0.25, -0.2) is 0 Å². The summed E-state index contributed by atoms with van der Waals surface area (Å²) in [6.07, 6.45) is 11.9. The van der Waals surface area contributed by atoms with Crippen molar-refractivity contribution in [2.24, 2.45) is 23.7 Å². The molecule has 2 rings (SSSR count). The molecule has 0 aliphatic heterocycles. The SMILES string of the molecule is CC/C=C\CCC1CC1CN(CC(C)C)C(=O)C1CC1. The van der Waals surface area contributed by atoms with Crippen molar-refractivity contribution in [1.29, 1.82) is 0 Å². The Morgan fingerprint density at radius 1 is 1.25 bits per heavy atom. The molecule has 114 valence electrons. The Hall–Kier alpha value is -0.790. The Morgan fingerprint density at radius 3 is 2.60 bits per heavy atom. The van der Waals surface area contributed by atoms with Crippen LogP contribution >= 0.6 is 0 Å². The molecule has 2 aliphatic rings. The fourth-order valence-corrected chi connectivity index (χ4v) is 3.05. The molecule has 0 spiro atoms. The molecule has 1 amide bonds. The number of hydrogen-bond acceptors (Lipinski definition) is 1. The van der Waals surface area contributed by atoms with Gasteiger partial charge in [0.1, 0.15) is 0 Å². The van der Waals surface area contributed by atoms with Crippen molar-refractivity contribution in [1.82, 2.24) is 4.90 Å². The van der Waals surface area contributed by atoms with E-state index in [2.05, 4.69) is 37.8 Å². The molecule has 2 atom stereocenters. The van der Waals surface area contributed by atoms with Crippen molar-refractivity contribution >= 4 is 5.91 Å². The highest BCUT2D eigenvalue weighted by atomic mass is 16.2. The Labute approximate surface area is 124 Å². The van der Waals surface area contributed by atoms with Crippen molar-refractivity contribution in [3.63, 3.8) is 0 Å². The standard InChI is InChI=1S/C18H31NO/c1-4-5-6-7-8-16-11-17(16)13-19(12-14(2)3)18(20)15-9-10-15/h5-6,14-17H,4,7-13H2,1-3H3/b6-5-. The van der Waals surface area contributed by atoms with Gasteiger partial charge in [-0.1, -0.05) is 32.9 Å². The lowest BCUT2D eigenvalue weighted by molar-refractivity contribution is -0.133. The lowest BCUT2D eigenvalue weighted by Crippen LogP contribution is -2.37. The zero-order valence-corrected chi connectivity index (χ0v) is 13.5. The second-order valence-corrected chi connectivity index (χ2v) is 7.12. The average molecular weight is 277 g/mol. The van der Waals surface area contributed by atoms with E-state index in [4.69, 9.17) is 0 Å². The lowest BCUT2D eigenvalue weighted by atomic mass is 10.1. The summed E-state index contributed by atoms with van der Waals surface area (Å²) in [5.41, 5.74) is 0. The molecule has 0 aromatic heterocycles. The number of carbonyl (C=O) groups excluding carboxylic acids is 1. The molecular weight excluding hydrogens is 246 g/mol. The predicted molar refractivity (Wildman–Crippen MR) is 84.4 cm³/mol. The molecule has 0 heterocycles. The number of carbonyl (C=O) groups is 1. The van der Waals surface area contributed by atoms with Gasteiger partial charge < -0.3 is 4.90 Å².